The van der Waals surface area contributed by atoms with Gasteiger partial charge in [-0.2, -0.15) is 0 Å². The van der Waals surface area contributed by atoms with Gasteiger partial charge in [0.1, 0.15) is 0 Å². The maximum Gasteiger partial charge on any atom is 0.0989 e. The third-order valence-corrected chi connectivity index (χ3v) is 6.37. The fourth-order valence-electron chi connectivity index (χ4n) is 3.29. The van der Waals surface area contributed by atoms with Crippen LogP contribution in [0.25, 0.3) is 0 Å². The first-order valence-corrected chi connectivity index (χ1v) is 11.2. The van der Waals surface area contributed by atoms with E-state index in [1.807, 2.05) is 0 Å². The van der Waals surface area contributed by atoms with Crippen molar-refractivity contribution in [3.05, 3.63) is 0 Å². The first-order valence-electron chi connectivity index (χ1n) is 9.68. The lowest BCUT2D eigenvalue weighted by Gasteiger charge is -2.15. The quantitative estimate of drug-likeness (QED) is 0.353. The SMILES string of the molecule is CCCCCCCCCCCCS(=O)CC1NC(CO)C(O)C1O. The van der Waals surface area contributed by atoms with Gasteiger partial charge < -0.3 is 20.6 Å². The van der Waals surface area contributed by atoms with Crippen molar-refractivity contribution in [2.45, 2.75) is 95.4 Å². The van der Waals surface area contributed by atoms with Gasteiger partial charge in [0.25, 0.3) is 0 Å². The molecule has 6 heteroatoms. The fraction of sp³-hybridized carbons (Fsp3) is 1.00. The standard InChI is InChI=1S/C18H37NO4S/c1-2-3-4-5-6-7-8-9-10-11-12-24(23)14-16-18(22)17(21)15(13-20)19-16/h15-22H,2-14H2,1H3. The Hall–Kier alpha value is -0.0100. The molecule has 24 heavy (non-hydrogen) atoms. The second-order valence-corrected chi connectivity index (χ2v) is 8.66. The van der Waals surface area contributed by atoms with E-state index in [1.54, 1.807) is 0 Å². The van der Waals surface area contributed by atoms with Crippen LogP contribution in [0.15, 0.2) is 0 Å². The van der Waals surface area contributed by atoms with Crippen molar-refractivity contribution in [2.75, 3.05) is 18.1 Å². The molecule has 5 unspecified atom stereocenters. The maximum absolute atomic E-state index is 12.1. The van der Waals surface area contributed by atoms with Crippen molar-refractivity contribution in [3.63, 3.8) is 0 Å². The van der Waals surface area contributed by atoms with E-state index in [-0.39, 0.29) is 12.6 Å². The zero-order valence-electron chi connectivity index (χ0n) is 15.2. The third-order valence-electron chi connectivity index (χ3n) is 4.89. The number of hydrogen-bond acceptors (Lipinski definition) is 5. The molecule has 1 fully saturated rings. The largest absolute Gasteiger partial charge is 0.395 e. The smallest absolute Gasteiger partial charge is 0.0989 e. The zero-order valence-corrected chi connectivity index (χ0v) is 16.0. The lowest BCUT2D eigenvalue weighted by Crippen LogP contribution is -2.39. The first kappa shape index (κ1) is 22.0. The van der Waals surface area contributed by atoms with Crippen LogP contribution in [0.5, 0.6) is 0 Å². The van der Waals surface area contributed by atoms with Gasteiger partial charge in [-0.15, -0.1) is 0 Å². The Morgan fingerprint density at radius 3 is 1.83 bits per heavy atom. The van der Waals surface area contributed by atoms with Crippen molar-refractivity contribution in [1.82, 2.24) is 5.32 Å². The molecule has 1 aliphatic rings. The number of aliphatic hydroxyl groups excluding tert-OH is 3. The van der Waals surface area contributed by atoms with E-state index in [4.69, 9.17) is 5.11 Å². The Morgan fingerprint density at radius 1 is 0.833 bits per heavy atom. The highest BCUT2D eigenvalue weighted by molar-refractivity contribution is 7.85. The van der Waals surface area contributed by atoms with Crippen molar-refractivity contribution in [2.24, 2.45) is 0 Å². The second kappa shape index (κ2) is 13.2. The number of nitrogens with one attached hydrogen (secondary N) is 1. The molecule has 0 radical (unpaired) electrons. The first-order chi connectivity index (χ1) is 11.6. The summed E-state index contributed by atoms with van der Waals surface area (Å²) in [5.74, 6) is 0.993. The van der Waals surface area contributed by atoms with Crippen LogP contribution in [0.4, 0.5) is 0 Å². The van der Waals surface area contributed by atoms with Gasteiger partial charge in [-0.1, -0.05) is 64.7 Å². The molecule has 5 nitrogen and oxygen atoms in total. The summed E-state index contributed by atoms with van der Waals surface area (Å²) < 4.78 is 12.1. The molecule has 0 spiro atoms. The molecular weight excluding hydrogens is 326 g/mol. The second-order valence-electron chi connectivity index (χ2n) is 7.04. The zero-order chi connectivity index (χ0) is 17.8. The number of hydrogen-bond donors (Lipinski definition) is 4. The van der Waals surface area contributed by atoms with Crippen LogP contribution in [0.1, 0.15) is 71.1 Å². The molecular formula is C18H37NO4S. The molecule has 1 rings (SSSR count). The van der Waals surface area contributed by atoms with E-state index in [0.29, 0.717) is 11.5 Å². The Bertz CT molecular complexity index is 343. The van der Waals surface area contributed by atoms with Crippen LogP contribution in [0.2, 0.25) is 0 Å². The molecule has 0 saturated carbocycles. The minimum Gasteiger partial charge on any atom is -0.395 e. The highest BCUT2D eigenvalue weighted by Crippen LogP contribution is 2.16. The Balaban J connectivity index is 1.99. The van der Waals surface area contributed by atoms with Crippen LogP contribution >= 0.6 is 0 Å². The topological polar surface area (TPSA) is 89.8 Å². The summed E-state index contributed by atoms with van der Waals surface area (Å²) in [5, 5.41) is 31.7. The fourth-order valence-corrected chi connectivity index (χ4v) is 4.68. The highest BCUT2D eigenvalue weighted by Gasteiger charge is 2.40. The minimum absolute atomic E-state index is 0.222. The average Bonchev–Trinajstić information content (AvgIpc) is 2.84. The molecule has 144 valence electrons. The molecule has 5 atom stereocenters. The van der Waals surface area contributed by atoms with Gasteiger partial charge in [-0.05, 0) is 6.42 Å². The summed E-state index contributed by atoms with van der Waals surface area (Å²) in [6.45, 7) is 2.01. The van der Waals surface area contributed by atoms with Crippen LogP contribution in [0.3, 0.4) is 0 Å². The predicted octanol–water partition coefficient (Wildman–Crippen LogP) is 1.71. The van der Waals surface area contributed by atoms with E-state index in [1.165, 1.54) is 51.4 Å². The monoisotopic (exact) mass is 363 g/mol. The molecule has 0 aromatic heterocycles. The third kappa shape index (κ3) is 8.39. The normalized spacial score (nSPS) is 28.3. The summed E-state index contributed by atoms with van der Waals surface area (Å²) in [4.78, 5) is 0. The highest BCUT2D eigenvalue weighted by atomic mass is 32.2. The van der Waals surface area contributed by atoms with Crippen molar-refractivity contribution in [3.8, 4) is 0 Å². The lowest BCUT2D eigenvalue weighted by molar-refractivity contribution is 0.0218. The van der Waals surface area contributed by atoms with Crippen LogP contribution in [-0.2, 0) is 10.8 Å². The van der Waals surface area contributed by atoms with E-state index in [2.05, 4.69) is 12.2 Å². The number of aliphatic hydroxyl groups is 3. The van der Waals surface area contributed by atoms with Crippen molar-refractivity contribution in [1.29, 1.82) is 0 Å². The van der Waals surface area contributed by atoms with Gasteiger partial charge in [-0.3, -0.25) is 4.21 Å². The van der Waals surface area contributed by atoms with E-state index in [0.717, 1.165) is 12.8 Å². The Morgan fingerprint density at radius 2 is 1.33 bits per heavy atom. The van der Waals surface area contributed by atoms with E-state index in [9.17, 15) is 14.4 Å². The summed E-state index contributed by atoms with van der Waals surface area (Å²) in [5.41, 5.74) is 0. The molecule has 1 aliphatic heterocycles. The van der Waals surface area contributed by atoms with Crippen LogP contribution in [-0.4, -0.2) is 61.9 Å². The molecule has 4 N–H and O–H groups in total. The molecule has 1 heterocycles. The Labute approximate surface area is 149 Å². The predicted molar refractivity (Wildman–Crippen MR) is 99.5 cm³/mol. The Kier molecular flexibility index (Phi) is 12.1. The molecule has 0 amide bonds. The molecule has 0 aromatic rings. The van der Waals surface area contributed by atoms with E-state index < -0.39 is 29.0 Å². The number of rotatable bonds is 14. The summed E-state index contributed by atoms with van der Waals surface area (Å²) in [7, 11) is -0.990. The summed E-state index contributed by atoms with van der Waals surface area (Å²) in [6.07, 6.45) is 10.6. The van der Waals surface area contributed by atoms with E-state index >= 15 is 0 Å². The van der Waals surface area contributed by atoms with Gasteiger partial charge in [0.05, 0.1) is 24.9 Å². The maximum atomic E-state index is 12.1. The van der Waals surface area contributed by atoms with Gasteiger partial charge in [0.15, 0.2) is 0 Å². The number of unbranched alkanes of at least 4 members (excludes halogenated alkanes) is 9. The van der Waals surface area contributed by atoms with Gasteiger partial charge in [0.2, 0.25) is 0 Å². The summed E-state index contributed by atoms with van der Waals surface area (Å²) >= 11 is 0. The molecule has 0 aliphatic carbocycles. The van der Waals surface area contributed by atoms with Crippen LogP contribution in [0, 0.1) is 0 Å². The van der Waals surface area contributed by atoms with Crippen molar-refractivity contribution >= 4 is 10.8 Å². The average molecular weight is 364 g/mol. The van der Waals surface area contributed by atoms with Gasteiger partial charge >= 0.3 is 0 Å². The molecule has 0 aromatic carbocycles. The van der Waals surface area contributed by atoms with Gasteiger partial charge in [-0.25, -0.2) is 0 Å². The summed E-state index contributed by atoms with van der Waals surface area (Å²) in [6, 6.07) is -0.902. The van der Waals surface area contributed by atoms with Gasteiger partial charge in [0, 0.05) is 28.3 Å². The van der Waals surface area contributed by atoms with Crippen LogP contribution < -0.4 is 5.32 Å². The van der Waals surface area contributed by atoms with Crippen molar-refractivity contribution < 1.29 is 19.5 Å². The molecule has 0 bridgehead atoms. The minimum atomic E-state index is -0.990. The lowest BCUT2D eigenvalue weighted by atomic mass is 10.1. The molecule has 1 saturated heterocycles.